The molecule has 3 rings (SSSR count). The highest BCUT2D eigenvalue weighted by molar-refractivity contribution is 5.98. The number of para-hydroxylation sites is 1. The topological polar surface area (TPSA) is 20.3 Å². The smallest absolute Gasteiger partial charge is 0.227 e. The standard InChI is InChI=1S/C19H19NO/c1-3-19(21)20-13-16-9-5-4-8-15(16)12-14(2)17-10-6-7-11-18(17)20/h4-12H,3,13H2,1-2H3/b14-12-. The van der Waals surface area contributed by atoms with Crippen LogP contribution in [0.3, 0.4) is 0 Å². The van der Waals surface area contributed by atoms with Crippen molar-refractivity contribution in [3.05, 3.63) is 65.2 Å². The summed E-state index contributed by atoms with van der Waals surface area (Å²) in [6.07, 6.45) is 2.72. The summed E-state index contributed by atoms with van der Waals surface area (Å²) in [5.41, 5.74) is 5.71. The molecule has 0 spiro atoms. The molecule has 0 radical (unpaired) electrons. The van der Waals surface area contributed by atoms with Crippen LogP contribution in [-0.2, 0) is 11.3 Å². The zero-order valence-corrected chi connectivity index (χ0v) is 12.5. The third-order valence-corrected chi connectivity index (χ3v) is 3.98. The van der Waals surface area contributed by atoms with Crippen LogP contribution in [0.1, 0.15) is 37.0 Å². The van der Waals surface area contributed by atoms with E-state index in [1.807, 2.05) is 42.2 Å². The SMILES string of the molecule is CCC(=O)N1Cc2ccccc2/C=C(/C)c2ccccc21. The molecule has 0 aliphatic carbocycles. The van der Waals surface area contributed by atoms with Gasteiger partial charge in [-0.3, -0.25) is 4.79 Å². The summed E-state index contributed by atoms with van der Waals surface area (Å²) < 4.78 is 0. The zero-order valence-electron chi connectivity index (χ0n) is 12.5. The number of hydrogen-bond donors (Lipinski definition) is 0. The summed E-state index contributed by atoms with van der Waals surface area (Å²) in [7, 11) is 0. The van der Waals surface area contributed by atoms with E-state index in [-0.39, 0.29) is 5.91 Å². The van der Waals surface area contributed by atoms with Gasteiger partial charge in [-0.15, -0.1) is 0 Å². The van der Waals surface area contributed by atoms with Crippen LogP contribution >= 0.6 is 0 Å². The molecule has 0 saturated carbocycles. The number of benzene rings is 2. The van der Waals surface area contributed by atoms with E-state index in [1.54, 1.807) is 0 Å². The van der Waals surface area contributed by atoms with E-state index in [2.05, 4.69) is 31.2 Å². The predicted molar refractivity (Wildman–Crippen MR) is 87.9 cm³/mol. The third kappa shape index (κ3) is 2.49. The van der Waals surface area contributed by atoms with E-state index in [9.17, 15) is 4.79 Å². The van der Waals surface area contributed by atoms with Gasteiger partial charge in [-0.05, 0) is 29.7 Å². The van der Waals surface area contributed by atoms with E-state index in [0.29, 0.717) is 13.0 Å². The van der Waals surface area contributed by atoms with Crippen LogP contribution in [0.25, 0.3) is 11.6 Å². The number of carbonyl (C=O) groups excluding carboxylic acids is 1. The van der Waals surface area contributed by atoms with Crippen LogP contribution in [0.5, 0.6) is 0 Å². The Morgan fingerprint density at radius 3 is 2.62 bits per heavy atom. The van der Waals surface area contributed by atoms with Gasteiger partial charge in [0.05, 0.1) is 12.2 Å². The highest BCUT2D eigenvalue weighted by Crippen LogP contribution is 2.33. The Morgan fingerprint density at radius 1 is 1.10 bits per heavy atom. The first-order chi connectivity index (χ1) is 10.2. The molecule has 0 atom stereocenters. The fourth-order valence-electron chi connectivity index (χ4n) is 2.84. The molecule has 21 heavy (non-hydrogen) atoms. The second-order valence-electron chi connectivity index (χ2n) is 5.38. The average Bonchev–Trinajstić information content (AvgIpc) is 2.52. The van der Waals surface area contributed by atoms with E-state index in [0.717, 1.165) is 11.3 Å². The van der Waals surface area contributed by atoms with Gasteiger partial charge in [0.15, 0.2) is 0 Å². The van der Waals surface area contributed by atoms with Crippen LogP contribution < -0.4 is 4.90 Å². The second kappa shape index (κ2) is 5.57. The van der Waals surface area contributed by atoms with Crippen molar-refractivity contribution in [1.29, 1.82) is 0 Å². The van der Waals surface area contributed by atoms with Crippen molar-refractivity contribution in [2.75, 3.05) is 4.90 Å². The Hall–Kier alpha value is -2.35. The maximum absolute atomic E-state index is 12.4. The summed E-state index contributed by atoms with van der Waals surface area (Å²) in [5, 5.41) is 0. The molecule has 106 valence electrons. The van der Waals surface area contributed by atoms with E-state index in [1.165, 1.54) is 16.7 Å². The number of anilines is 1. The molecule has 1 heterocycles. The van der Waals surface area contributed by atoms with Crippen molar-refractivity contribution in [3.8, 4) is 0 Å². The first-order valence-corrected chi connectivity index (χ1v) is 7.36. The summed E-state index contributed by atoms with van der Waals surface area (Å²) in [5.74, 6) is 0.159. The number of nitrogens with zero attached hydrogens (tertiary/aromatic N) is 1. The maximum atomic E-state index is 12.4. The molecule has 2 aromatic carbocycles. The number of rotatable bonds is 1. The minimum absolute atomic E-state index is 0.159. The molecule has 0 fully saturated rings. The summed E-state index contributed by atoms with van der Waals surface area (Å²) in [6, 6.07) is 16.4. The Kier molecular flexibility index (Phi) is 3.61. The molecule has 0 bridgehead atoms. The Labute approximate surface area is 125 Å². The van der Waals surface area contributed by atoms with E-state index in [4.69, 9.17) is 0 Å². The fourth-order valence-corrected chi connectivity index (χ4v) is 2.84. The van der Waals surface area contributed by atoms with E-state index >= 15 is 0 Å². The Bertz CT molecular complexity index is 715. The number of hydrogen-bond acceptors (Lipinski definition) is 1. The molecule has 0 saturated heterocycles. The minimum Gasteiger partial charge on any atom is -0.307 e. The quantitative estimate of drug-likeness (QED) is 0.751. The molecule has 1 amide bonds. The Morgan fingerprint density at radius 2 is 1.81 bits per heavy atom. The normalized spacial score (nSPS) is 16.1. The lowest BCUT2D eigenvalue weighted by molar-refractivity contribution is -0.118. The van der Waals surface area contributed by atoms with Gasteiger partial charge in [0.2, 0.25) is 5.91 Å². The molecule has 2 aromatic rings. The highest BCUT2D eigenvalue weighted by atomic mass is 16.2. The summed E-state index contributed by atoms with van der Waals surface area (Å²) >= 11 is 0. The summed E-state index contributed by atoms with van der Waals surface area (Å²) in [4.78, 5) is 14.3. The fraction of sp³-hybridized carbons (Fsp3) is 0.211. The molecule has 0 unspecified atom stereocenters. The van der Waals surface area contributed by atoms with Gasteiger partial charge in [0, 0.05) is 12.0 Å². The molecular weight excluding hydrogens is 258 g/mol. The summed E-state index contributed by atoms with van der Waals surface area (Å²) in [6.45, 7) is 4.65. The second-order valence-corrected chi connectivity index (χ2v) is 5.38. The maximum Gasteiger partial charge on any atom is 0.227 e. The molecule has 2 nitrogen and oxygen atoms in total. The molecule has 1 aliphatic rings. The monoisotopic (exact) mass is 277 g/mol. The van der Waals surface area contributed by atoms with Crippen LogP contribution in [-0.4, -0.2) is 5.91 Å². The lowest BCUT2D eigenvalue weighted by atomic mass is 9.96. The van der Waals surface area contributed by atoms with Crippen LogP contribution in [0.4, 0.5) is 5.69 Å². The van der Waals surface area contributed by atoms with Crippen molar-refractivity contribution < 1.29 is 4.79 Å². The highest BCUT2D eigenvalue weighted by Gasteiger charge is 2.21. The number of amides is 1. The van der Waals surface area contributed by atoms with Gasteiger partial charge in [0.25, 0.3) is 0 Å². The largest absolute Gasteiger partial charge is 0.307 e. The first-order valence-electron chi connectivity index (χ1n) is 7.36. The van der Waals surface area contributed by atoms with Crippen LogP contribution in [0, 0.1) is 0 Å². The van der Waals surface area contributed by atoms with Gasteiger partial charge in [-0.25, -0.2) is 0 Å². The van der Waals surface area contributed by atoms with Crippen molar-refractivity contribution in [1.82, 2.24) is 0 Å². The Balaban J connectivity index is 2.23. The van der Waals surface area contributed by atoms with Crippen LogP contribution in [0.2, 0.25) is 0 Å². The average molecular weight is 277 g/mol. The minimum atomic E-state index is 0.159. The van der Waals surface area contributed by atoms with Crippen molar-refractivity contribution >= 4 is 23.2 Å². The third-order valence-electron chi connectivity index (χ3n) is 3.98. The van der Waals surface area contributed by atoms with E-state index < -0.39 is 0 Å². The number of carbonyl (C=O) groups is 1. The molecule has 0 N–H and O–H groups in total. The van der Waals surface area contributed by atoms with Crippen LogP contribution in [0.15, 0.2) is 48.5 Å². The number of allylic oxidation sites excluding steroid dienone is 1. The lowest BCUT2D eigenvalue weighted by Crippen LogP contribution is -2.31. The zero-order chi connectivity index (χ0) is 14.8. The van der Waals surface area contributed by atoms with Gasteiger partial charge in [-0.1, -0.05) is 55.5 Å². The van der Waals surface area contributed by atoms with Crippen molar-refractivity contribution in [3.63, 3.8) is 0 Å². The molecular formula is C19H19NO. The van der Waals surface area contributed by atoms with Gasteiger partial charge in [-0.2, -0.15) is 0 Å². The van der Waals surface area contributed by atoms with Crippen molar-refractivity contribution in [2.45, 2.75) is 26.8 Å². The van der Waals surface area contributed by atoms with Crippen molar-refractivity contribution in [2.24, 2.45) is 0 Å². The predicted octanol–water partition coefficient (Wildman–Crippen LogP) is 4.50. The molecule has 0 aromatic heterocycles. The van der Waals surface area contributed by atoms with Gasteiger partial charge in [0.1, 0.15) is 0 Å². The number of fused-ring (bicyclic) bond motifs is 2. The van der Waals surface area contributed by atoms with Gasteiger partial charge >= 0.3 is 0 Å². The first kappa shape index (κ1) is 13.6. The lowest BCUT2D eigenvalue weighted by Gasteiger charge is -2.28. The molecule has 1 aliphatic heterocycles. The molecule has 2 heteroatoms. The van der Waals surface area contributed by atoms with Gasteiger partial charge < -0.3 is 4.90 Å².